The van der Waals surface area contributed by atoms with Crippen molar-refractivity contribution in [3.05, 3.63) is 89.4 Å². The first-order valence-electron chi connectivity index (χ1n) is 10.7. The van der Waals surface area contributed by atoms with Crippen LogP contribution in [0.1, 0.15) is 40.2 Å². The Morgan fingerprint density at radius 1 is 1.09 bits per heavy atom. The molecule has 2 aromatic carbocycles. The highest BCUT2D eigenvalue weighted by Gasteiger charge is 2.27. The molecule has 0 saturated carbocycles. The number of primary sulfonamides is 1. The van der Waals surface area contributed by atoms with Gasteiger partial charge in [-0.25, -0.2) is 22.9 Å². The number of nitrogens with two attached hydrogens (primary N) is 1. The quantitative estimate of drug-likeness (QED) is 0.576. The summed E-state index contributed by atoms with van der Waals surface area (Å²) in [6.45, 7) is 1.48. The summed E-state index contributed by atoms with van der Waals surface area (Å²) in [5.74, 6) is -0.234. The smallest absolute Gasteiger partial charge is 0.257 e. The van der Waals surface area contributed by atoms with Crippen molar-refractivity contribution in [2.75, 3.05) is 18.4 Å². The van der Waals surface area contributed by atoms with Crippen LogP contribution in [0.4, 0.5) is 10.1 Å². The summed E-state index contributed by atoms with van der Waals surface area (Å²) in [5.41, 5.74) is 2.69. The molecule has 1 fully saturated rings. The van der Waals surface area contributed by atoms with Crippen molar-refractivity contribution >= 4 is 21.6 Å². The summed E-state index contributed by atoms with van der Waals surface area (Å²) < 4.78 is 36.8. The average Bonchev–Trinajstić information content (AvgIpc) is 2.83. The van der Waals surface area contributed by atoms with Crippen LogP contribution in [0.2, 0.25) is 0 Å². The summed E-state index contributed by atoms with van der Waals surface area (Å²) in [6, 6.07) is 17.3. The van der Waals surface area contributed by atoms with E-state index in [0.717, 1.165) is 24.0 Å². The number of aromatic nitrogens is 1. The molecule has 1 aliphatic rings. The Kier molecular flexibility index (Phi) is 6.71. The van der Waals surface area contributed by atoms with E-state index in [9.17, 15) is 17.6 Å². The van der Waals surface area contributed by atoms with E-state index in [1.54, 1.807) is 17.0 Å². The van der Waals surface area contributed by atoms with Gasteiger partial charge in [-0.3, -0.25) is 4.79 Å². The van der Waals surface area contributed by atoms with Gasteiger partial charge >= 0.3 is 0 Å². The minimum atomic E-state index is -4.02. The first kappa shape index (κ1) is 22.9. The maximum absolute atomic E-state index is 13.3. The zero-order chi connectivity index (χ0) is 23.4. The number of piperidine rings is 1. The number of amides is 1. The van der Waals surface area contributed by atoms with Gasteiger partial charge in [0.2, 0.25) is 0 Å². The molecule has 0 spiro atoms. The number of carbonyl (C=O) groups is 1. The van der Waals surface area contributed by atoms with Crippen molar-refractivity contribution in [3.63, 3.8) is 0 Å². The lowest BCUT2D eigenvalue weighted by atomic mass is 9.89. The second kappa shape index (κ2) is 9.68. The fourth-order valence-electron chi connectivity index (χ4n) is 4.02. The fourth-order valence-corrected chi connectivity index (χ4v) is 4.50. The monoisotopic (exact) mass is 468 g/mol. The standard InChI is InChI=1S/C24H25FN4O3S/c25-20-8-6-18(7-9-20)19-10-12-29(13-11-19)24(30)21-16-28-23(33(26,31)32)14-22(21)27-15-17-4-2-1-3-5-17/h1-9,14,16,19H,10-13,15H2,(H,27,28)(H2,26,31,32). The summed E-state index contributed by atoms with van der Waals surface area (Å²) in [4.78, 5) is 19.0. The number of benzene rings is 2. The number of halogens is 1. The van der Waals surface area contributed by atoms with E-state index in [-0.39, 0.29) is 22.7 Å². The Morgan fingerprint density at radius 2 is 1.76 bits per heavy atom. The van der Waals surface area contributed by atoms with Crippen LogP contribution in [0.5, 0.6) is 0 Å². The van der Waals surface area contributed by atoms with Crippen molar-refractivity contribution in [1.29, 1.82) is 0 Å². The van der Waals surface area contributed by atoms with Crippen LogP contribution in [0.15, 0.2) is 71.9 Å². The molecular formula is C24H25FN4O3S. The first-order chi connectivity index (χ1) is 15.8. The maximum Gasteiger partial charge on any atom is 0.257 e. The van der Waals surface area contributed by atoms with Crippen LogP contribution < -0.4 is 10.5 Å². The number of nitrogens with one attached hydrogen (secondary N) is 1. The summed E-state index contributed by atoms with van der Waals surface area (Å²) in [6.07, 6.45) is 2.78. The molecular weight excluding hydrogens is 443 g/mol. The van der Waals surface area contributed by atoms with E-state index < -0.39 is 10.0 Å². The highest BCUT2D eigenvalue weighted by molar-refractivity contribution is 7.89. The third-order valence-electron chi connectivity index (χ3n) is 5.85. The summed E-state index contributed by atoms with van der Waals surface area (Å²) >= 11 is 0. The summed E-state index contributed by atoms with van der Waals surface area (Å²) in [5, 5.41) is 8.10. The number of hydrogen-bond acceptors (Lipinski definition) is 5. The first-order valence-corrected chi connectivity index (χ1v) is 12.2. The lowest BCUT2D eigenvalue weighted by Gasteiger charge is -2.32. The molecule has 9 heteroatoms. The predicted molar refractivity (Wildman–Crippen MR) is 124 cm³/mol. The van der Waals surface area contributed by atoms with Gasteiger partial charge in [0.05, 0.1) is 11.3 Å². The third kappa shape index (κ3) is 5.55. The normalized spacial score (nSPS) is 14.8. The zero-order valence-electron chi connectivity index (χ0n) is 17.9. The molecule has 4 rings (SSSR count). The zero-order valence-corrected chi connectivity index (χ0v) is 18.8. The van der Waals surface area contributed by atoms with Gasteiger partial charge in [0.1, 0.15) is 5.82 Å². The second-order valence-electron chi connectivity index (χ2n) is 8.07. The number of likely N-dealkylation sites (tertiary alicyclic amines) is 1. The molecule has 7 nitrogen and oxygen atoms in total. The van der Waals surface area contributed by atoms with Crippen molar-refractivity contribution in [2.24, 2.45) is 5.14 Å². The van der Waals surface area contributed by atoms with Crippen LogP contribution in [0, 0.1) is 5.82 Å². The molecule has 0 unspecified atom stereocenters. The number of rotatable bonds is 6. The van der Waals surface area contributed by atoms with Crippen LogP contribution in [-0.2, 0) is 16.6 Å². The van der Waals surface area contributed by atoms with E-state index in [1.807, 2.05) is 30.3 Å². The van der Waals surface area contributed by atoms with Crippen LogP contribution in [-0.4, -0.2) is 37.3 Å². The Morgan fingerprint density at radius 3 is 2.39 bits per heavy atom. The number of hydrogen-bond donors (Lipinski definition) is 2. The van der Waals surface area contributed by atoms with Gasteiger partial charge in [0.15, 0.2) is 5.03 Å². The molecule has 1 aliphatic heterocycles. The Bertz CT molecular complexity index is 1230. The van der Waals surface area contributed by atoms with E-state index in [0.29, 0.717) is 30.9 Å². The number of nitrogens with zero attached hydrogens (tertiary/aromatic N) is 2. The van der Waals surface area contributed by atoms with Crippen LogP contribution >= 0.6 is 0 Å². The van der Waals surface area contributed by atoms with E-state index >= 15 is 0 Å². The third-order valence-corrected chi connectivity index (χ3v) is 6.66. The highest BCUT2D eigenvalue weighted by Crippen LogP contribution is 2.30. The molecule has 1 amide bonds. The number of carbonyl (C=O) groups excluding carboxylic acids is 1. The van der Waals surface area contributed by atoms with Gasteiger partial charge in [-0.1, -0.05) is 42.5 Å². The van der Waals surface area contributed by atoms with Crippen molar-refractivity contribution in [2.45, 2.75) is 30.3 Å². The predicted octanol–water partition coefficient (Wildman–Crippen LogP) is 3.50. The molecule has 0 bridgehead atoms. The molecule has 172 valence electrons. The summed E-state index contributed by atoms with van der Waals surface area (Å²) in [7, 11) is -4.02. The molecule has 2 heterocycles. The molecule has 33 heavy (non-hydrogen) atoms. The van der Waals surface area contributed by atoms with Crippen molar-refractivity contribution in [3.8, 4) is 0 Å². The Hall–Kier alpha value is -3.30. The lowest BCUT2D eigenvalue weighted by molar-refractivity contribution is 0.0713. The largest absolute Gasteiger partial charge is 0.380 e. The van der Waals surface area contributed by atoms with Gasteiger partial charge in [-0.15, -0.1) is 0 Å². The minimum absolute atomic E-state index is 0.225. The van der Waals surface area contributed by atoms with Gasteiger partial charge < -0.3 is 10.2 Å². The molecule has 0 radical (unpaired) electrons. The molecule has 3 aromatic rings. The lowest BCUT2D eigenvalue weighted by Crippen LogP contribution is -2.38. The van der Waals surface area contributed by atoms with Crippen molar-refractivity contribution in [1.82, 2.24) is 9.88 Å². The average molecular weight is 469 g/mol. The molecule has 3 N–H and O–H groups in total. The van der Waals surface area contributed by atoms with Gasteiger partial charge in [0.25, 0.3) is 15.9 Å². The van der Waals surface area contributed by atoms with Crippen LogP contribution in [0.3, 0.4) is 0 Å². The fraction of sp³-hybridized carbons (Fsp3) is 0.250. The van der Waals surface area contributed by atoms with Crippen LogP contribution in [0.25, 0.3) is 0 Å². The maximum atomic E-state index is 13.3. The Balaban J connectivity index is 1.52. The molecule has 1 saturated heterocycles. The van der Waals surface area contributed by atoms with Gasteiger partial charge in [-0.2, -0.15) is 0 Å². The highest BCUT2D eigenvalue weighted by atomic mass is 32.2. The topological polar surface area (TPSA) is 105 Å². The van der Waals surface area contributed by atoms with Gasteiger partial charge in [0, 0.05) is 31.9 Å². The van der Waals surface area contributed by atoms with E-state index in [4.69, 9.17) is 5.14 Å². The number of anilines is 1. The van der Waals surface area contributed by atoms with Crippen molar-refractivity contribution < 1.29 is 17.6 Å². The molecule has 1 aromatic heterocycles. The number of pyridine rings is 1. The Labute approximate surface area is 192 Å². The van der Waals surface area contributed by atoms with E-state index in [1.165, 1.54) is 24.4 Å². The number of sulfonamides is 1. The molecule has 0 aliphatic carbocycles. The van der Waals surface area contributed by atoms with Gasteiger partial charge in [-0.05, 0) is 42.0 Å². The SMILES string of the molecule is NS(=O)(=O)c1cc(NCc2ccccc2)c(C(=O)N2CCC(c3ccc(F)cc3)CC2)cn1. The minimum Gasteiger partial charge on any atom is -0.380 e. The van der Waals surface area contributed by atoms with E-state index in [2.05, 4.69) is 10.3 Å². The molecule has 0 atom stereocenters. The second-order valence-corrected chi connectivity index (χ2v) is 9.58.